The van der Waals surface area contributed by atoms with Crippen molar-refractivity contribution in [2.45, 2.75) is 56.2 Å². The lowest BCUT2D eigenvalue weighted by atomic mass is 9.83. The van der Waals surface area contributed by atoms with Crippen LogP contribution in [0.25, 0.3) is 11.1 Å². The molecule has 8 heteroatoms. The topological polar surface area (TPSA) is 114 Å². The van der Waals surface area contributed by atoms with Gasteiger partial charge < -0.3 is 25.2 Å². The van der Waals surface area contributed by atoms with E-state index in [9.17, 15) is 19.5 Å². The molecule has 0 bridgehead atoms. The number of fused-ring (bicyclic) bond motifs is 3. The van der Waals surface area contributed by atoms with Gasteiger partial charge in [0.25, 0.3) is 0 Å². The summed E-state index contributed by atoms with van der Waals surface area (Å²) < 4.78 is 10.9. The molecule has 0 spiro atoms. The van der Waals surface area contributed by atoms with Gasteiger partial charge in [0.05, 0.1) is 12.0 Å². The minimum absolute atomic E-state index is 0.0334. The van der Waals surface area contributed by atoms with Crippen LogP contribution < -0.4 is 10.6 Å². The van der Waals surface area contributed by atoms with Gasteiger partial charge in [-0.3, -0.25) is 4.79 Å². The molecule has 35 heavy (non-hydrogen) atoms. The van der Waals surface area contributed by atoms with Gasteiger partial charge >= 0.3 is 12.1 Å². The molecule has 0 radical (unpaired) electrons. The van der Waals surface area contributed by atoms with Crippen LogP contribution in [0.1, 0.15) is 49.1 Å². The highest BCUT2D eigenvalue weighted by Gasteiger charge is 2.39. The summed E-state index contributed by atoms with van der Waals surface area (Å²) in [6.07, 6.45) is 1.98. The Kier molecular flexibility index (Phi) is 6.72. The molecular weight excluding hydrogens is 448 g/mol. The van der Waals surface area contributed by atoms with Gasteiger partial charge in [-0.1, -0.05) is 61.4 Å². The Balaban J connectivity index is 1.21. The minimum atomic E-state index is -1.08. The van der Waals surface area contributed by atoms with Crippen molar-refractivity contribution < 1.29 is 29.0 Å². The third-order valence-corrected chi connectivity index (χ3v) is 7.41. The number of carbonyl (C=O) groups excluding carboxylic acids is 2. The molecule has 2 aromatic carbocycles. The molecule has 1 heterocycles. The van der Waals surface area contributed by atoms with Crippen LogP contribution in [-0.2, 0) is 19.1 Å². The van der Waals surface area contributed by atoms with Crippen molar-refractivity contribution in [3.63, 3.8) is 0 Å². The highest BCUT2D eigenvalue weighted by atomic mass is 16.5. The van der Waals surface area contributed by atoms with Crippen molar-refractivity contribution in [1.29, 1.82) is 0 Å². The number of nitrogens with one attached hydrogen (secondary N) is 2. The number of aliphatic carboxylic acids is 1. The number of amides is 2. The summed E-state index contributed by atoms with van der Waals surface area (Å²) in [5.41, 5.74) is 4.61. The Morgan fingerprint density at radius 2 is 1.54 bits per heavy atom. The monoisotopic (exact) mass is 478 g/mol. The Labute approximate surface area is 204 Å². The number of benzene rings is 2. The van der Waals surface area contributed by atoms with Crippen LogP contribution in [0.15, 0.2) is 48.5 Å². The second kappa shape index (κ2) is 10.1. The Hall–Kier alpha value is -3.39. The van der Waals surface area contributed by atoms with Crippen molar-refractivity contribution in [2.75, 3.05) is 13.2 Å². The third-order valence-electron chi connectivity index (χ3n) is 7.41. The van der Waals surface area contributed by atoms with E-state index in [1.54, 1.807) is 0 Å². The van der Waals surface area contributed by atoms with Crippen molar-refractivity contribution in [2.24, 2.45) is 5.92 Å². The molecule has 5 rings (SSSR count). The molecule has 1 saturated heterocycles. The zero-order valence-corrected chi connectivity index (χ0v) is 19.4. The first-order chi connectivity index (χ1) is 17.0. The fourth-order valence-corrected chi connectivity index (χ4v) is 5.68. The van der Waals surface area contributed by atoms with E-state index < -0.39 is 30.1 Å². The average Bonchev–Trinajstić information content (AvgIpc) is 3.46. The highest BCUT2D eigenvalue weighted by Crippen LogP contribution is 2.44. The van der Waals surface area contributed by atoms with E-state index in [4.69, 9.17) is 9.47 Å². The molecule has 3 N–H and O–H groups in total. The fraction of sp³-hybridized carbons (Fsp3) is 0.444. The molecule has 1 aliphatic heterocycles. The Morgan fingerprint density at radius 1 is 0.886 bits per heavy atom. The van der Waals surface area contributed by atoms with Crippen LogP contribution in [0.2, 0.25) is 0 Å². The van der Waals surface area contributed by atoms with Gasteiger partial charge in [-0.25, -0.2) is 9.59 Å². The number of carboxylic acid groups (broad SMARTS) is 1. The van der Waals surface area contributed by atoms with E-state index >= 15 is 0 Å². The number of rotatable bonds is 6. The van der Waals surface area contributed by atoms with Gasteiger partial charge in [0.1, 0.15) is 6.61 Å². The predicted octanol–water partition coefficient (Wildman–Crippen LogP) is 3.44. The minimum Gasteiger partial charge on any atom is -0.479 e. The maximum absolute atomic E-state index is 13.0. The number of carboxylic acids is 1. The number of hydrogen-bond acceptors (Lipinski definition) is 5. The third kappa shape index (κ3) is 4.75. The maximum Gasteiger partial charge on any atom is 0.407 e. The van der Waals surface area contributed by atoms with Crippen LogP contribution >= 0.6 is 0 Å². The number of hydrogen-bond donors (Lipinski definition) is 3. The van der Waals surface area contributed by atoms with Crippen LogP contribution in [0.5, 0.6) is 0 Å². The molecule has 3 aliphatic rings. The van der Waals surface area contributed by atoms with E-state index in [2.05, 4.69) is 34.9 Å². The van der Waals surface area contributed by atoms with Crippen molar-refractivity contribution in [3.05, 3.63) is 59.7 Å². The summed E-state index contributed by atoms with van der Waals surface area (Å²) in [7, 11) is 0. The zero-order chi connectivity index (χ0) is 24.4. The number of ether oxygens (including phenoxy) is 2. The Morgan fingerprint density at radius 3 is 2.23 bits per heavy atom. The Bertz CT molecular complexity index is 1070. The molecule has 2 unspecified atom stereocenters. The molecule has 2 aliphatic carbocycles. The normalized spacial score (nSPS) is 25.4. The lowest BCUT2D eigenvalue weighted by molar-refractivity contribution is -0.148. The van der Waals surface area contributed by atoms with Gasteiger partial charge in [-0.2, -0.15) is 0 Å². The van der Waals surface area contributed by atoms with E-state index in [1.807, 2.05) is 24.3 Å². The SMILES string of the molecule is O=C(N[C@@H]1CCCC[C@@H]1C(=O)NC1CCOC1C(=O)O)OCC1c2ccccc2-c2ccccc21. The number of carbonyl (C=O) groups is 3. The largest absolute Gasteiger partial charge is 0.479 e. The quantitative estimate of drug-likeness (QED) is 0.586. The molecular formula is C27H30N2O6. The zero-order valence-electron chi connectivity index (χ0n) is 19.4. The van der Waals surface area contributed by atoms with Gasteiger partial charge in [0, 0.05) is 18.6 Å². The predicted molar refractivity (Wildman–Crippen MR) is 128 cm³/mol. The van der Waals surface area contributed by atoms with E-state index in [-0.39, 0.29) is 24.5 Å². The molecule has 2 fully saturated rings. The van der Waals surface area contributed by atoms with Gasteiger partial charge in [0.2, 0.25) is 5.91 Å². The summed E-state index contributed by atoms with van der Waals surface area (Å²) in [6, 6.07) is 15.4. The lowest BCUT2D eigenvalue weighted by Crippen LogP contribution is -2.52. The van der Waals surface area contributed by atoms with Crippen molar-refractivity contribution >= 4 is 18.0 Å². The van der Waals surface area contributed by atoms with E-state index in [0.717, 1.165) is 35.1 Å². The first kappa shape index (κ1) is 23.4. The second-order valence-electron chi connectivity index (χ2n) is 9.50. The van der Waals surface area contributed by atoms with Crippen LogP contribution in [0.4, 0.5) is 4.79 Å². The van der Waals surface area contributed by atoms with Gasteiger partial charge in [0.15, 0.2) is 6.10 Å². The molecule has 2 aromatic rings. The molecule has 8 nitrogen and oxygen atoms in total. The lowest BCUT2D eigenvalue weighted by Gasteiger charge is -2.32. The summed E-state index contributed by atoms with van der Waals surface area (Å²) in [5, 5.41) is 15.1. The van der Waals surface area contributed by atoms with Gasteiger partial charge in [-0.15, -0.1) is 0 Å². The van der Waals surface area contributed by atoms with Crippen molar-refractivity contribution in [3.8, 4) is 11.1 Å². The highest BCUT2D eigenvalue weighted by molar-refractivity contribution is 5.83. The van der Waals surface area contributed by atoms with Crippen LogP contribution in [-0.4, -0.2) is 54.5 Å². The summed E-state index contributed by atoms with van der Waals surface area (Å²) in [4.78, 5) is 37.2. The summed E-state index contributed by atoms with van der Waals surface area (Å²) in [6.45, 7) is 0.511. The van der Waals surface area contributed by atoms with Gasteiger partial charge in [-0.05, 0) is 41.5 Å². The molecule has 2 amide bonds. The smallest absolute Gasteiger partial charge is 0.407 e. The molecule has 184 valence electrons. The molecule has 4 atom stereocenters. The summed E-state index contributed by atoms with van der Waals surface area (Å²) >= 11 is 0. The first-order valence-electron chi connectivity index (χ1n) is 12.3. The average molecular weight is 479 g/mol. The van der Waals surface area contributed by atoms with E-state index in [1.165, 1.54) is 0 Å². The number of alkyl carbamates (subject to hydrolysis) is 1. The van der Waals surface area contributed by atoms with Crippen LogP contribution in [0.3, 0.4) is 0 Å². The standard InChI is InChI=1S/C27H30N2O6/c30-25(28-23-13-14-34-24(23)26(31)32)20-11-5-6-12-22(20)29-27(33)35-15-21-18-9-3-1-7-16(18)17-8-2-4-10-19(17)21/h1-4,7-10,20-24H,5-6,11-15H2,(H,28,30)(H,29,33)(H,31,32)/t20-,22+,23?,24?/m0/s1. The first-order valence-corrected chi connectivity index (χ1v) is 12.3. The summed E-state index contributed by atoms with van der Waals surface area (Å²) in [5.74, 6) is -1.78. The fourth-order valence-electron chi connectivity index (χ4n) is 5.68. The molecule has 1 saturated carbocycles. The maximum atomic E-state index is 13.0. The second-order valence-corrected chi connectivity index (χ2v) is 9.50. The van der Waals surface area contributed by atoms with Crippen molar-refractivity contribution in [1.82, 2.24) is 10.6 Å². The van der Waals surface area contributed by atoms with E-state index in [0.29, 0.717) is 25.9 Å². The van der Waals surface area contributed by atoms with Crippen LogP contribution in [0, 0.1) is 5.92 Å². The molecule has 0 aromatic heterocycles.